The normalized spacial score (nSPS) is 16.8. The highest BCUT2D eigenvalue weighted by Crippen LogP contribution is 2.33. The second-order valence-corrected chi connectivity index (χ2v) is 5.67. The van der Waals surface area contributed by atoms with Crippen molar-refractivity contribution >= 4 is 12.0 Å². The molecule has 0 heterocycles. The fourth-order valence-electron chi connectivity index (χ4n) is 1.81. The van der Waals surface area contributed by atoms with Gasteiger partial charge in [0.25, 0.3) is 0 Å². The van der Waals surface area contributed by atoms with E-state index in [-0.39, 0.29) is 17.5 Å². The van der Waals surface area contributed by atoms with Gasteiger partial charge in [-0.1, -0.05) is 6.08 Å². The van der Waals surface area contributed by atoms with Crippen molar-refractivity contribution in [3.05, 3.63) is 12.7 Å². The molecule has 0 saturated heterocycles. The van der Waals surface area contributed by atoms with Gasteiger partial charge >= 0.3 is 12.0 Å². The van der Waals surface area contributed by atoms with Crippen molar-refractivity contribution < 1.29 is 14.7 Å². The summed E-state index contributed by atoms with van der Waals surface area (Å²) in [5.74, 6) is -0.879. The highest BCUT2D eigenvalue weighted by molar-refractivity contribution is 5.83. The lowest BCUT2D eigenvalue weighted by atomic mass is 10.1. The van der Waals surface area contributed by atoms with Gasteiger partial charge in [0.2, 0.25) is 0 Å². The number of nitrogens with zero attached hydrogens (tertiary/aromatic N) is 1. The number of rotatable bonds is 5. The molecule has 0 radical (unpaired) electrons. The van der Waals surface area contributed by atoms with Crippen LogP contribution in [0.1, 0.15) is 33.6 Å². The summed E-state index contributed by atoms with van der Waals surface area (Å²) in [7, 11) is 0. The van der Waals surface area contributed by atoms with E-state index in [1.807, 2.05) is 20.8 Å². The first kappa shape index (κ1) is 14.5. The Bertz CT molecular complexity index is 343. The number of carbonyl (C=O) groups is 2. The van der Waals surface area contributed by atoms with E-state index in [4.69, 9.17) is 5.11 Å². The Morgan fingerprint density at radius 3 is 2.39 bits per heavy atom. The molecule has 1 atom stereocenters. The van der Waals surface area contributed by atoms with Crippen molar-refractivity contribution in [3.63, 3.8) is 0 Å². The summed E-state index contributed by atoms with van der Waals surface area (Å²) in [4.78, 5) is 24.8. The Morgan fingerprint density at radius 1 is 1.50 bits per heavy atom. The van der Waals surface area contributed by atoms with Gasteiger partial charge in [0, 0.05) is 12.1 Å². The molecule has 1 unspecified atom stereocenters. The van der Waals surface area contributed by atoms with Crippen LogP contribution < -0.4 is 5.32 Å². The van der Waals surface area contributed by atoms with Crippen LogP contribution in [0.2, 0.25) is 0 Å². The first-order valence-corrected chi connectivity index (χ1v) is 6.19. The molecular formula is C13H22N2O3. The molecule has 2 N–H and O–H groups in total. The predicted molar refractivity (Wildman–Crippen MR) is 69.3 cm³/mol. The quantitative estimate of drug-likeness (QED) is 0.735. The summed E-state index contributed by atoms with van der Waals surface area (Å²) in [5.41, 5.74) is -0.370. The maximum Gasteiger partial charge on any atom is 0.326 e. The maximum absolute atomic E-state index is 12.1. The molecule has 1 rings (SSSR count). The number of carboxylic acid groups (broad SMARTS) is 1. The zero-order valence-electron chi connectivity index (χ0n) is 11.3. The SMILES string of the molecule is C=CCN(C(=O)NC(C(=O)O)C1CC1)C(C)(C)C. The lowest BCUT2D eigenvalue weighted by molar-refractivity contribution is -0.139. The summed E-state index contributed by atoms with van der Waals surface area (Å²) in [5, 5.41) is 11.7. The second-order valence-electron chi connectivity index (χ2n) is 5.67. The van der Waals surface area contributed by atoms with E-state index < -0.39 is 12.0 Å². The topological polar surface area (TPSA) is 69.6 Å². The number of hydrogen-bond acceptors (Lipinski definition) is 2. The van der Waals surface area contributed by atoms with E-state index in [0.29, 0.717) is 6.54 Å². The van der Waals surface area contributed by atoms with Crippen molar-refractivity contribution in [1.29, 1.82) is 0 Å². The minimum absolute atomic E-state index is 0.0806. The molecule has 0 aromatic rings. The molecule has 0 bridgehead atoms. The number of carboxylic acids is 1. The average Bonchev–Trinajstić information content (AvgIpc) is 3.03. The summed E-state index contributed by atoms with van der Waals surface area (Å²) in [6.07, 6.45) is 3.38. The molecular weight excluding hydrogens is 232 g/mol. The van der Waals surface area contributed by atoms with E-state index in [1.165, 1.54) is 0 Å². The molecule has 0 aliphatic heterocycles. The largest absolute Gasteiger partial charge is 0.480 e. The number of hydrogen-bond donors (Lipinski definition) is 2. The molecule has 2 amide bonds. The van der Waals surface area contributed by atoms with Crippen LogP contribution in [-0.4, -0.2) is 40.1 Å². The third kappa shape index (κ3) is 3.75. The maximum atomic E-state index is 12.1. The van der Waals surface area contributed by atoms with E-state index in [0.717, 1.165) is 12.8 Å². The van der Waals surface area contributed by atoms with Crippen molar-refractivity contribution in [3.8, 4) is 0 Å². The number of amides is 2. The van der Waals surface area contributed by atoms with Gasteiger partial charge in [0.1, 0.15) is 6.04 Å². The molecule has 5 nitrogen and oxygen atoms in total. The van der Waals surface area contributed by atoms with Crippen LogP contribution in [0, 0.1) is 5.92 Å². The van der Waals surface area contributed by atoms with Gasteiger partial charge < -0.3 is 15.3 Å². The standard InChI is InChI=1S/C13H22N2O3/c1-5-8-15(13(2,3)4)12(18)14-10(11(16)17)9-6-7-9/h5,9-10H,1,6-8H2,2-4H3,(H,14,18)(H,16,17). The van der Waals surface area contributed by atoms with Crippen molar-refractivity contribution in [2.45, 2.75) is 45.2 Å². The van der Waals surface area contributed by atoms with Crippen molar-refractivity contribution in [1.82, 2.24) is 10.2 Å². The van der Waals surface area contributed by atoms with Crippen molar-refractivity contribution in [2.75, 3.05) is 6.54 Å². The fraction of sp³-hybridized carbons (Fsp3) is 0.692. The molecule has 18 heavy (non-hydrogen) atoms. The van der Waals surface area contributed by atoms with E-state index >= 15 is 0 Å². The van der Waals surface area contributed by atoms with Gasteiger partial charge in [-0.15, -0.1) is 6.58 Å². The second kappa shape index (κ2) is 5.42. The van der Waals surface area contributed by atoms with E-state index in [9.17, 15) is 9.59 Å². The lowest BCUT2D eigenvalue weighted by Crippen LogP contribution is -2.54. The van der Waals surface area contributed by atoms with Crippen LogP contribution in [0.3, 0.4) is 0 Å². The Balaban J connectivity index is 2.71. The first-order chi connectivity index (χ1) is 8.27. The Hall–Kier alpha value is -1.52. The summed E-state index contributed by atoms with van der Waals surface area (Å²) >= 11 is 0. The van der Waals surface area contributed by atoms with Gasteiger partial charge in [-0.2, -0.15) is 0 Å². The number of carbonyl (C=O) groups excluding carboxylic acids is 1. The van der Waals surface area contributed by atoms with Gasteiger partial charge in [-0.3, -0.25) is 0 Å². The first-order valence-electron chi connectivity index (χ1n) is 6.19. The molecule has 0 spiro atoms. The third-order valence-electron chi connectivity index (χ3n) is 3.01. The summed E-state index contributed by atoms with van der Waals surface area (Å²) in [6.45, 7) is 9.73. The number of nitrogens with one attached hydrogen (secondary N) is 1. The van der Waals surface area contributed by atoms with Gasteiger partial charge in [-0.05, 0) is 39.5 Å². The summed E-state index contributed by atoms with van der Waals surface area (Å²) < 4.78 is 0. The third-order valence-corrected chi connectivity index (χ3v) is 3.01. The summed E-state index contributed by atoms with van der Waals surface area (Å²) in [6, 6.07) is -1.12. The molecule has 0 aromatic carbocycles. The molecule has 1 aliphatic carbocycles. The van der Waals surface area contributed by atoms with Crippen LogP contribution in [0.15, 0.2) is 12.7 Å². The van der Waals surface area contributed by atoms with Crippen LogP contribution in [0.25, 0.3) is 0 Å². The van der Waals surface area contributed by atoms with Crippen LogP contribution in [0.5, 0.6) is 0 Å². The monoisotopic (exact) mass is 254 g/mol. The molecule has 1 fully saturated rings. The van der Waals surface area contributed by atoms with Crippen LogP contribution in [-0.2, 0) is 4.79 Å². The smallest absolute Gasteiger partial charge is 0.326 e. The van der Waals surface area contributed by atoms with E-state index in [1.54, 1.807) is 11.0 Å². The van der Waals surface area contributed by atoms with Gasteiger partial charge in [0.15, 0.2) is 0 Å². The number of urea groups is 1. The van der Waals surface area contributed by atoms with Crippen molar-refractivity contribution in [2.24, 2.45) is 5.92 Å². The van der Waals surface area contributed by atoms with Crippen LogP contribution in [0.4, 0.5) is 4.79 Å². The van der Waals surface area contributed by atoms with Gasteiger partial charge in [0.05, 0.1) is 0 Å². The molecule has 5 heteroatoms. The fourth-order valence-corrected chi connectivity index (χ4v) is 1.81. The Labute approximate surface area is 108 Å². The average molecular weight is 254 g/mol. The molecule has 1 aliphatic rings. The number of aliphatic carboxylic acids is 1. The Kier molecular flexibility index (Phi) is 4.38. The minimum atomic E-state index is -0.960. The highest BCUT2D eigenvalue weighted by Gasteiger charge is 2.39. The van der Waals surface area contributed by atoms with Crippen LogP contribution >= 0.6 is 0 Å². The highest BCUT2D eigenvalue weighted by atomic mass is 16.4. The zero-order chi connectivity index (χ0) is 13.9. The zero-order valence-corrected chi connectivity index (χ0v) is 11.3. The molecule has 1 saturated carbocycles. The van der Waals surface area contributed by atoms with Gasteiger partial charge in [-0.25, -0.2) is 9.59 Å². The molecule has 102 valence electrons. The Morgan fingerprint density at radius 2 is 2.06 bits per heavy atom. The molecule has 0 aromatic heterocycles. The predicted octanol–water partition coefficient (Wildman–Crippen LogP) is 1.85. The minimum Gasteiger partial charge on any atom is -0.480 e. The lowest BCUT2D eigenvalue weighted by Gasteiger charge is -2.35. The van der Waals surface area contributed by atoms with E-state index in [2.05, 4.69) is 11.9 Å².